The second kappa shape index (κ2) is 15.8. The number of anilines is 3. The highest BCUT2D eigenvalue weighted by Crippen LogP contribution is 2.45. The fourth-order valence-electron chi connectivity index (χ4n) is 9.88. The molecule has 0 saturated heterocycles. The predicted molar refractivity (Wildman–Crippen MR) is 272 cm³/mol. The molecule has 12 aromatic rings. The van der Waals surface area contributed by atoms with Gasteiger partial charge in [-0.3, -0.25) is 0 Å². The summed E-state index contributed by atoms with van der Waals surface area (Å²) in [5, 5.41) is 7.50. The molecular weight excluding hydrogens is 773 g/mol. The first kappa shape index (κ1) is 37.3. The molecule has 64 heavy (non-hydrogen) atoms. The summed E-state index contributed by atoms with van der Waals surface area (Å²) in [6.45, 7) is 0. The van der Waals surface area contributed by atoms with Gasteiger partial charge in [0.25, 0.3) is 0 Å². The summed E-state index contributed by atoms with van der Waals surface area (Å²) in [4.78, 5) is 2.41. The van der Waals surface area contributed by atoms with Gasteiger partial charge in [0, 0.05) is 33.3 Å². The van der Waals surface area contributed by atoms with Crippen molar-refractivity contribution in [2.45, 2.75) is 0 Å². The first-order valence-corrected chi connectivity index (χ1v) is 22.0. The molecular formula is C62H42N2. The number of nitrogens with zero attached hydrogens (tertiary/aromatic N) is 2. The van der Waals surface area contributed by atoms with E-state index in [1.807, 2.05) is 0 Å². The zero-order valence-corrected chi connectivity index (χ0v) is 35.1. The van der Waals surface area contributed by atoms with Crippen molar-refractivity contribution >= 4 is 60.4 Å². The van der Waals surface area contributed by atoms with Crippen molar-refractivity contribution in [2.24, 2.45) is 0 Å². The maximum absolute atomic E-state index is 2.47. The highest BCUT2D eigenvalue weighted by atomic mass is 15.1. The number of para-hydroxylation sites is 3. The third-order valence-corrected chi connectivity index (χ3v) is 12.8. The lowest BCUT2D eigenvalue weighted by molar-refractivity contribution is 1.18. The second-order valence-corrected chi connectivity index (χ2v) is 16.4. The second-order valence-electron chi connectivity index (χ2n) is 16.4. The minimum atomic E-state index is 1.08. The van der Waals surface area contributed by atoms with Crippen LogP contribution in [0.25, 0.3) is 93.5 Å². The molecule has 0 spiro atoms. The quantitative estimate of drug-likeness (QED) is 0.148. The first-order valence-electron chi connectivity index (χ1n) is 22.0. The van der Waals surface area contributed by atoms with Gasteiger partial charge in [0.05, 0.1) is 22.4 Å². The molecule has 0 amide bonds. The van der Waals surface area contributed by atoms with Gasteiger partial charge in [0.2, 0.25) is 0 Å². The molecule has 0 N–H and O–H groups in total. The monoisotopic (exact) mass is 814 g/mol. The van der Waals surface area contributed by atoms with Gasteiger partial charge in [-0.05, 0) is 103 Å². The van der Waals surface area contributed by atoms with Gasteiger partial charge in [-0.2, -0.15) is 0 Å². The third-order valence-electron chi connectivity index (χ3n) is 12.8. The van der Waals surface area contributed by atoms with Gasteiger partial charge in [-0.25, -0.2) is 0 Å². The molecule has 1 heterocycles. The maximum atomic E-state index is 2.47. The summed E-state index contributed by atoms with van der Waals surface area (Å²) in [6, 6.07) is 92.6. The highest BCUT2D eigenvalue weighted by Gasteiger charge is 2.21. The Morgan fingerprint density at radius 1 is 0.266 bits per heavy atom. The minimum Gasteiger partial charge on any atom is -0.310 e. The zero-order chi connectivity index (χ0) is 42.4. The standard InChI is InChI=1S/C62H42N2/c1-3-17-43(18-4-1)44-33-38-49(39-34-44)63(58-31-13-10-26-55(58)54-29-15-22-45-21-7-8-24-51(45)54)50-40-35-47(36-41-50)52-25-9-12-30-57(52)64-59-32-14-11-27-56(59)62-60(64)42-37-48-23-16-28-53(61(48)62)46-19-5-2-6-20-46/h1-42H. The fraction of sp³-hybridized carbons (Fsp3) is 0. The van der Waals surface area contributed by atoms with Gasteiger partial charge < -0.3 is 9.47 Å². The Morgan fingerprint density at radius 2 is 0.781 bits per heavy atom. The molecule has 2 nitrogen and oxygen atoms in total. The Balaban J connectivity index is 1.02. The van der Waals surface area contributed by atoms with Crippen LogP contribution < -0.4 is 4.90 Å². The smallest absolute Gasteiger partial charge is 0.0548 e. The molecule has 12 rings (SSSR count). The minimum absolute atomic E-state index is 1.08. The summed E-state index contributed by atoms with van der Waals surface area (Å²) in [5.41, 5.74) is 16.4. The van der Waals surface area contributed by atoms with Crippen LogP contribution in [0.15, 0.2) is 255 Å². The van der Waals surface area contributed by atoms with E-state index >= 15 is 0 Å². The van der Waals surface area contributed by atoms with E-state index in [0.717, 1.165) is 28.3 Å². The normalized spacial score (nSPS) is 11.4. The molecule has 0 saturated carbocycles. The van der Waals surface area contributed by atoms with Crippen molar-refractivity contribution in [3.8, 4) is 50.2 Å². The van der Waals surface area contributed by atoms with E-state index in [0.29, 0.717) is 0 Å². The van der Waals surface area contributed by atoms with Crippen molar-refractivity contribution in [3.05, 3.63) is 255 Å². The number of hydrogen-bond acceptors (Lipinski definition) is 1. The molecule has 0 fully saturated rings. The molecule has 0 aliphatic carbocycles. The van der Waals surface area contributed by atoms with Gasteiger partial charge in [-0.15, -0.1) is 0 Å². The van der Waals surface area contributed by atoms with Gasteiger partial charge >= 0.3 is 0 Å². The van der Waals surface area contributed by atoms with E-state index in [9.17, 15) is 0 Å². The van der Waals surface area contributed by atoms with Crippen LogP contribution in [0.2, 0.25) is 0 Å². The van der Waals surface area contributed by atoms with Gasteiger partial charge in [0.15, 0.2) is 0 Å². The van der Waals surface area contributed by atoms with E-state index in [2.05, 4.69) is 264 Å². The SMILES string of the molecule is c1ccc(-c2ccc(N(c3ccc(-c4ccccc4-n4c5ccccc5c5c6c(-c7ccccc7)cccc6ccc54)cc3)c3ccccc3-c3cccc4ccccc34)cc2)cc1. The highest BCUT2D eigenvalue weighted by molar-refractivity contribution is 6.25. The molecule has 0 bridgehead atoms. The van der Waals surface area contributed by atoms with Crippen molar-refractivity contribution < 1.29 is 0 Å². The fourth-order valence-corrected chi connectivity index (χ4v) is 9.88. The molecule has 0 aliphatic heterocycles. The van der Waals surface area contributed by atoms with Crippen LogP contribution in [0.1, 0.15) is 0 Å². The molecule has 1 aromatic heterocycles. The first-order chi connectivity index (χ1) is 31.8. The lowest BCUT2D eigenvalue weighted by Crippen LogP contribution is -2.11. The van der Waals surface area contributed by atoms with Gasteiger partial charge in [-0.1, -0.05) is 206 Å². The predicted octanol–water partition coefficient (Wildman–Crippen LogP) is 17.2. The van der Waals surface area contributed by atoms with E-state index in [4.69, 9.17) is 0 Å². The lowest BCUT2D eigenvalue weighted by atomic mass is 9.94. The van der Waals surface area contributed by atoms with Crippen molar-refractivity contribution in [2.75, 3.05) is 4.90 Å². The largest absolute Gasteiger partial charge is 0.310 e. The Morgan fingerprint density at radius 3 is 1.55 bits per heavy atom. The van der Waals surface area contributed by atoms with Gasteiger partial charge in [0.1, 0.15) is 0 Å². The van der Waals surface area contributed by atoms with Crippen LogP contribution in [-0.4, -0.2) is 4.57 Å². The molecule has 0 radical (unpaired) electrons. The average Bonchev–Trinajstić information content (AvgIpc) is 3.72. The van der Waals surface area contributed by atoms with Crippen LogP contribution >= 0.6 is 0 Å². The van der Waals surface area contributed by atoms with Crippen molar-refractivity contribution in [1.29, 1.82) is 0 Å². The number of rotatable bonds is 8. The van der Waals surface area contributed by atoms with E-state index in [1.165, 1.54) is 82.3 Å². The van der Waals surface area contributed by atoms with E-state index in [1.54, 1.807) is 0 Å². The Kier molecular flexibility index (Phi) is 9.20. The molecule has 0 atom stereocenters. The van der Waals surface area contributed by atoms with Crippen LogP contribution in [0.3, 0.4) is 0 Å². The molecule has 300 valence electrons. The number of benzene rings is 11. The number of fused-ring (bicyclic) bond motifs is 6. The topological polar surface area (TPSA) is 8.17 Å². The van der Waals surface area contributed by atoms with Crippen LogP contribution in [0.4, 0.5) is 17.1 Å². The Labute approximate surface area is 373 Å². The van der Waals surface area contributed by atoms with Crippen molar-refractivity contribution in [1.82, 2.24) is 4.57 Å². The molecule has 2 heteroatoms. The Bertz CT molecular complexity index is 3640. The zero-order valence-electron chi connectivity index (χ0n) is 35.1. The van der Waals surface area contributed by atoms with E-state index < -0.39 is 0 Å². The number of hydrogen-bond donors (Lipinski definition) is 0. The number of aromatic nitrogens is 1. The summed E-state index contributed by atoms with van der Waals surface area (Å²) >= 11 is 0. The maximum Gasteiger partial charge on any atom is 0.0548 e. The Hall–Kier alpha value is -8.46. The van der Waals surface area contributed by atoms with E-state index in [-0.39, 0.29) is 0 Å². The summed E-state index contributed by atoms with van der Waals surface area (Å²) in [6.07, 6.45) is 0. The lowest BCUT2D eigenvalue weighted by Gasteiger charge is -2.28. The third kappa shape index (κ3) is 6.35. The summed E-state index contributed by atoms with van der Waals surface area (Å²) in [5.74, 6) is 0. The summed E-state index contributed by atoms with van der Waals surface area (Å²) in [7, 11) is 0. The van der Waals surface area contributed by atoms with Crippen LogP contribution in [-0.2, 0) is 0 Å². The molecule has 0 aliphatic rings. The van der Waals surface area contributed by atoms with Crippen LogP contribution in [0, 0.1) is 0 Å². The van der Waals surface area contributed by atoms with Crippen molar-refractivity contribution in [3.63, 3.8) is 0 Å². The molecule has 0 unspecified atom stereocenters. The molecule has 11 aromatic carbocycles. The summed E-state index contributed by atoms with van der Waals surface area (Å²) < 4.78 is 2.47. The van der Waals surface area contributed by atoms with Crippen LogP contribution in [0.5, 0.6) is 0 Å². The average molecular weight is 815 g/mol.